The van der Waals surface area contributed by atoms with Gasteiger partial charge in [-0.2, -0.15) is 0 Å². The van der Waals surface area contributed by atoms with Crippen molar-refractivity contribution in [2.24, 2.45) is 0 Å². The number of carbonyl (C=O) groups is 3. The molecule has 1 N–H and O–H groups in total. The minimum atomic E-state index is -1.34. The summed E-state index contributed by atoms with van der Waals surface area (Å²) in [7, 11) is 0. The van der Waals surface area contributed by atoms with Crippen LogP contribution in [0.4, 0.5) is 4.79 Å². The number of carbonyl (C=O) groups excluding carboxylic acids is 3. The largest absolute Gasteiger partial charge is 0.378 e. The standard InChI is InChI=1S/C16H17Cl2N3O4/c1-16(11-3-2-10(17)8-12(11)18)14(23)21(15(24)19-16)9-13(22)20-4-6-25-7-5-20/h2-3,8H,4-7,9H2,1H3,(H,19,24). The summed E-state index contributed by atoms with van der Waals surface area (Å²) < 4.78 is 5.20. The van der Waals surface area contributed by atoms with Crippen LogP contribution in [0.2, 0.25) is 10.0 Å². The number of hydrogen-bond acceptors (Lipinski definition) is 4. The van der Waals surface area contributed by atoms with Crippen LogP contribution in [0.3, 0.4) is 0 Å². The van der Waals surface area contributed by atoms with Crippen LogP contribution < -0.4 is 5.32 Å². The van der Waals surface area contributed by atoms with Crippen molar-refractivity contribution in [3.63, 3.8) is 0 Å². The van der Waals surface area contributed by atoms with Gasteiger partial charge in [0.05, 0.1) is 13.2 Å². The number of halogens is 2. The maximum atomic E-state index is 12.8. The van der Waals surface area contributed by atoms with E-state index in [1.54, 1.807) is 24.0 Å². The molecule has 0 radical (unpaired) electrons. The van der Waals surface area contributed by atoms with Crippen LogP contribution in [-0.2, 0) is 19.9 Å². The normalized spacial score (nSPS) is 23.8. The maximum absolute atomic E-state index is 12.8. The quantitative estimate of drug-likeness (QED) is 0.801. The fourth-order valence-corrected chi connectivity index (χ4v) is 3.56. The molecule has 1 atom stereocenters. The van der Waals surface area contributed by atoms with Crippen LogP contribution in [0.5, 0.6) is 0 Å². The van der Waals surface area contributed by atoms with Gasteiger partial charge in [0.2, 0.25) is 5.91 Å². The van der Waals surface area contributed by atoms with Gasteiger partial charge in [-0.15, -0.1) is 0 Å². The van der Waals surface area contributed by atoms with Crippen molar-refractivity contribution in [2.45, 2.75) is 12.5 Å². The van der Waals surface area contributed by atoms with E-state index in [0.717, 1.165) is 4.90 Å². The fraction of sp³-hybridized carbons (Fsp3) is 0.438. The molecule has 0 spiro atoms. The number of morpholine rings is 1. The highest BCUT2D eigenvalue weighted by Gasteiger charge is 2.50. The molecule has 7 nitrogen and oxygen atoms in total. The molecule has 2 aliphatic heterocycles. The van der Waals surface area contributed by atoms with E-state index in [1.165, 1.54) is 6.07 Å². The zero-order chi connectivity index (χ0) is 18.2. The third-order valence-electron chi connectivity index (χ3n) is 4.40. The molecule has 3 rings (SSSR count). The first-order valence-corrected chi connectivity index (χ1v) is 8.53. The van der Waals surface area contributed by atoms with Crippen LogP contribution in [0.25, 0.3) is 0 Å². The lowest BCUT2D eigenvalue weighted by Gasteiger charge is -2.28. The van der Waals surface area contributed by atoms with Crippen molar-refractivity contribution < 1.29 is 19.1 Å². The molecule has 2 aliphatic rings. The molecule has 9 heteroatoms. The Bertz CT molecular complexity index is 736. The van der Waals surface area contributed by atoms with E-state index in [0.29, 0.717) is 36.9 Å². The molecule has 0 saturated carbocycles. The summed E-state index contributed by atoms with van der Waals surface area (Å²) in [4.78, 5) is 40.0. The third-order valence-corrected chi connectivity index (χ3v) is 4.95. The molecule has 25 heavy (non-hydrogen) atoms. The van der Waals surface area contributed by atoms with Crippen molar-refractivity contribution in [2.75, 3.05) is 32.8 Å². The van der Waals surface area contributed by atoms with Crippen LogP contribution in [0, 0.1) is 0 Å². The van der Waals surface area contributed by atoms with E-state index in [2.05, 4.69) is 5.32 Å². The first-order valence-electron chi connectivity index (χ1n) is 7.78. The smallest absolute Gasteiger partial charge is 0.325 e. The van der Waals surface area contributed by atoms with Gasteiger partial charge in [-0.05, 0) is 19.1 Å². The number of amides is 4. The number of nitrogens with zero attached hydrogens (tertiary/aromatic N) is 2. The molecule has 0 aromatic heterocycles. The molecule has 1 aromatic carbocycles. The maximum Gasteiger partial charge on any atom is 0.325 e. The highest BCUT2D eigenvalue weighted by Crippen LogP contribution is 2.34. The van der Waals surface area contributed by atoms with Gasteiger partial charge in [0.15, 0.2) is 0 Å². The number of urea groups is 1. The first-order chi connectivity index (χ1) is 11.8. The number of benzene rings is 1. The highest BCUT2D eigenvalue weighted by atomic mass is 35.5. The minimum absolute atomic E-state index is 0.269. The minimum Gasteiger partial charge on any atom is -0.378 e. The second-order valence-corrected chi connectivity index (χ2v) is 6.91. The zero-order valence-electron chi connectivity index (χ0n) is 13.6. The van der Waals surface area contributed by atoms with E-state index in [9.17, 15) is 14.4 Å². The summed E-state index contributed by atoms with van der Waals surface area (Å²) in [6.07, 6.45) is 0. The Hall–Kier alpha value is -1.83. The predicted molar refractivity (Wildman–Crippen MR) is 91.5 cm³/mol. The average Bonchev–Trinajstić information content (AvgIpc) is 2.79. The number of imide groups is 1. The van der Waals surface area contributed by atoms with Gasteiger partial charge in [-0.3, -0.25) is 14.5 Å². The average molecular weight is 386 g/mol. The Kier molecular flexibility index (Phi) is 4.90. The molecule has 0 aliphatic carbocycles. The van der Waals surface area contributed by atoms with Crippen molar-refractivity contribution in [1.82, 2.24) is 15.1 Å². The molecule has 0 bridgehead atoms. The van der Waals surface area contributed by atoms with Crippen LogP contribution >= 0.6 is 23.2 Å². The van der Waals surface area contributed by atoms with Gasteiger partial charge >= 0.3 is 6.03 Å². The van der Waals surface area contributed by atoms with E-state index >= 15 is 0 Å². The van der Waals surface area contributed by atoms with Crippen LogP contribution in [0.1, 0.15) is 12.5 Å². The second kappa shape index (κ2) is 6.82. The number of rotatable bonds is 3. The second-order valence-electron chi connectivity index (χ2n) is 6.06. The van der Waals surface area contributed by atoms with Gasteiger partial charge < -0.3 is 15.0 Å². The lowest BCUT2D eigenvalue weighted by molar-refractivity contribution is -0.141. The summed E-state index contributed by atoms with van der Waals surface area (Å²) >= 11 is 12.1. The van der Waals surface area contributed by atoms with Gasteiger partial charge in [-0.1, -0.05) is 29.3 Å². The number of ether oxygens (including phenoxy) is 1. The van der Waals surface area contributed by atoms with Gasteiger partial charge in [0, 0.05) is 28.7 Å². The number of hydrogen-bond donors (Lipinski definition) is 1. The first kappa shape index (κ1) is 18.0. The van der Waals surface area contributed by atoms with Gasteiger partial charge in [0.1, 0.15) is 12.1 Å². The third kappa shape index (κ3) is 3.31. The van der Waals surface area contributed by atoms with Crippen molar-refractivity contribution in [3.05, 3.63) is 33.8 Å². The van der Waals surface area contributed by atoms with Gasteiger partial charge in [-0.25, -0.2) is 4.79 Å². The fourth-order valence-electron chi connectivity index (χ4n) is 2.97. The molecule has 2 fully saturated rings. The van der Waals surface area contributed by atoms with Crippen molar-refractivity contribution in [3.8, 4) is 0 Å². The Labute approximate surface area is 154 Å². The predicted octanol–water partition coefficient (Wildman–Crippen LogP) is 1.62. The Morgan fingerprint density at radius 2 is 1.96 bits per heavy atom. The van der Waals surface area contributed by atoms with Crippen molar-refractivity contribution in [1.29, 1.82) is 0 Å². The molecule has 1 unspecified atom stereocenters. The summed E-state index contributed by atoms with van der Waals surface area (Å²) in [6, 6.07) is 4.07. The summed E-state index contributed by atoms with van der Waals surface area (Å²) in [5, 5.41) is 3.32. The molecule has 2 saturated heterocycles. The lowest BCUT2D eigenvalue weighted by Crippen LogP contribution is -2.47. The molecule has 4 amide bonds. The van der Waals surface area contributed by atoms with Crippen LogP contribution in [0.15, 0.2) is 18.2 Å². The van der Waals surface area contributed by atoms with E-state index in [1.807, 2.05) is 0 Å². The SMILES string of the molecule is CC1(c2ccc(Cl)cc2Cl)NC(=O)N(CC(=O)N2CCOCC2)C1=O. The Morgan fingerprint density at radius 1 is 1.28 bits per heavy atom. The van der Waals surface area contributed by atoms with Crippen LogP contribution in [-0.4, -0.2) is 60.5 Å². The Morgan fingerprint density at radius 3 is 2.60 bits per heavy atom. The molecule has 1 aromatic rings. The zero-order valence-corrected chi connectivity index (χ0v) is 15.1. The lowest BCUT2D eigenvalue weighted by atomic mass is 9.92. The number of nitrogens with one attached hydrogen (secondary N) is 1. The highest BCUT2D eigenvalue weighted by molar-refractivity contribution is 6.35. The summed E-state index contributed by atoms with van der Waals surface area (Å²) in [5.41, 5.74) is -0.914. The topological polar surface area (TPSA) is 79.0 Å². The summed E-state index contributed by atoms with van der Waals surface area (Å²) in [5.74, 6) is -0.818. The van der Waals surface area contributed by atoms with E-state index in [-0.39, 0.29) is 17.5 Å². The van der Waals surface area contributed by atoms with E-state index in [4.69, 9.17) is 27.9 Å². The molecular weight excluding hydrogens is 369 g/mol. The van der Waals surface area contributed by atoms with E-state index < -0.39 is 17.5 Å². The monoisotopic (exact) mass is 385 g/mol. The summed E-state index contributed by atoms with van der Waals surface area (Å²) in [6.45, 7) is 3.03. The molecular formula is C16H17Cl2N3O4. The molecule has 134 valence electrons. The molecule has 2 heterocycles. The van der Waals surface area contributed by atoms with Gasteiger partial charge in [0.25, 0.3) is 5.91 Å². The Balaban J connectivity index is 1.80. The van der Waals surface area contributed by atoms with Crippen molar-refractivity contribution >= 4 is 41.0 Å².